The predicted molar refractivity (Wildman–Crippen MR) is 82.7 cm³/mol. The fourth-order valence-electron chi connectivity index (χ4n) is 3.03. The smallest absolute Gasteiger partial charge is 0.342 e. The third kappa shape index (κ3) is 4.18. The van der Waals surface area contributed by atoms with Crippen molar-refractivity contribution in [1.29, 1.82) is 0 Å². The quantitative estimate of drug-likeness (QED) is 0.849. The molecule has 0 N–H and O–H groups in total. The number of aromatic nitrogens is 2. The number of alkyl halides is 3. The van der Waals surface area contributed by atoms with Gasteiger partial charge in [-0.1, -0.05) is 23.4 Å². The first-order valence-corrected chi connectivity index (χ1v) is 8.07. The van der Waals surface area contributed by atoms with Gasteiger partial charge in [0.25, 0.3) is 0 Å². The van der Waals surface area contributed by atoms with E-state index in [-0.39, 0.29) is 18.2 Å². The van der Waals surface area contributed by atoms with Gasteiger partial charge in [0.05, 0.1) is 17.9 Å². The molecule has 0 spiro atoms. The summed E-state index contributed by atoms with van der Waals surface area (Å²) < 4.78 is 43.5. The normalized spacial score (nSPS) is 18.4. The van der Waals surface area contributed by atoms with Crippen molar-refractivity contribution in [2.45, 2.75) is 38.3 Å². The van der Waals surface area contributed by atoms with Crippen LogP contribution in [-0.4, -0.2) is 34.0 Å². The highest BCUT2D eigenvalue weighted by Crippen LogP contribution is 2.30. The van der Waals surface area contributed by atoms with Crippen LogP contribution < -0.4 is 0 Å². The second-order valence-corrected chi connectivity index (χ2v) is 6.23. The Balaban J connectivity index is 1.67. The number of nitrogens with zero attached hydrogens (tertiary/aromatic N) is 3. The summed E-state index contributed by atoms with van der Waals surface area (Å²) in [5.41, 5.74) is -0.383. The molecular weight excluding hydrogens is 335 g/mol. The van der Waals surface area contributed by atoms with E-state index in [1.165, 1.54) is 12.1 Å². The van der Waals surface area contributed by atoms with Gasteiger partial charge in [0.2, 0.25) is 11.8 Å². The summed E-state index contributed by atoms with van der Waals surface area (Å²) in [5, 5.41) is 3.77. The number of rotatable bonds is 3. The Morgan fingerprint density at radius 2 is 2.20 bits per heavy atom. The Bertz CT molecular complexity index is 758. The maximum absolute atomic E-state index is 12.8. The molecule has 0 radical (unpaired) electrons. The van der Waals surface area contributed by atoms with Crippen molar-refractivity contribution in [3.05, 3.63) is 47.1 Å². The van der Waals surface area contributed by atoms with Crippen molar-refractivity contribution >= 4 is 5.91 Å². The molecule has 2 aromatic rings. The third-order valence-corrected chi connectivity index (χ3v) is 4.28. The minimum atomic E-state index is -4.41. The molecule has 0 aliphatic carbocycles. The third-order valence-electron chi connectivity index (χ3n) is 4.28. The van der Waals surface area contributed by atoms with Gasteiger partial charge in [-0.25, -0.2) is 0 Å². The van der Waals surface area contributed by atoms with Crippen molar-refractivity contribution in [2.75, 3.05) is 13.1 Å². The maximum Gasteiger partial charge on any atom is 0.416 e. The molecule has 8 heteroatoms. The van der Waals surface area contributed by atoms with Crippen molar-refractivity contribution in [1.82, 2.24) is 15.0 Å². The Hall–Kier alpha value is -2.38. The molecule has 1 atom stereocenters. The fraction of sp³-hybridized carbons (Fsp3) is 0.471. The number of piperidine rings is 1. The second-order valence-electron chi connectivity index (χ2n) is 6.23. The Morgan fingerprint density at radius 3 is 2.88 bits per heavy atom. The zero-order valence-corrected chi connectivity index (χ0v) is 13.7. The van der Waals surface area contributed by atoms with Crippen LogP contribution in [0.15, 0.2) is 28.8 Å². The van der Waals surface area contributed by atoms with Crippen LogP contribution in [-0.2, 0) is 17.4 Å². The van der Waals surface area contributed by atoms with Crippen LogP contribution in [0.3, 0.4) is 0 Å². The van der Waals surface area contributed by atoms with Gasteiger partial charge < -0.3 is 9.42 Å². The van der Waals surface area contributed by atoms with E-state index < -0.39 is 11.7 Å². The van der Waals surface area contributed by atoms with Gasteiger partial charge >= 0.3 is 6.18 Å². The van der Waals surface area contributed by atoms with Crippen molar-refractivity contribution < 1.29 is 22.5 Å². The number of likely N-dealkylation sites (tertiary alicyclic amines) is 1. The van der Waals surface area contributed by atoms with E-state index in [1.54, 1.807) is 11.8 Å². The Morgan fingerprint density at radius 1 is 1.40 bits per heavy atom. The van der Waals surface area contributed by atoms with Gasteiger partial charge in [-0.15, -0.1) is 0 Å². The largest absolute Gasteiger partial charge is 0.416 e. The van der Waals surface area contributed by atoms with E-state index in [9.17, 15) is 18.0 Å². The molecule has 0 saturated carbocycles. The topological polar surface area (TPSA) is 59.2 Å². The van der Waals surface area contributed by atoms with Crippen LogP contribution in [0.25, 0.3) is 0 Å². The second kappa shape index (κ2) is 6.85. The molecule has 2 heterocycles. The molecule has 134 valence electrons. The highest BCUT2D eigenvalue weighted by Gasteiger charge is 2.31. The average molecular weight is 353 g/mol. The SMILES string of the molecule is Cc1noc(C2CCCN(C(=O)Cc3cccc(C(F)(F)F)c3)C2)n1. The number of amides is 1. The number of hydrogen-bond donors (Lipinski definition) is 0. The predicted octanol–water partition coefficient (Wildman–Crippen LogP) is 3.35. The monoisotopic (exact) mass is 353 g/mol. The molecule has 1 unspecified atom stereocenters. The lowest BCUT2D eigenvalue weighted by molar-refractivity contribution is -0.138. The van der Waals surface area contributed by atoms with Crippen LogP contribution in [0, 0.1) is 6.92 Å². The molecule has 3 rings (SSSR count). The number of halogens is 3. The Kier molecular flexibility index (Phi) is 4.78. The number of benzene rings is 1. The summed E-state index contributed by atoms with van der Waals surface area (Å²) in [6.07, 6.45) is -2.83. The van der Waals surface area contributed by atoms with E-state index >= 15 is 0 Å². The summed E-state index contributed by atoms with van der Waals surface area (Å²) in [6.45, 7) is 2.76. The van der Waals surface area contributed by atoms with Gasteiger partial charge in [0.1, 0.15) is 0 Å². The van der Waals surface area contributed by atoms with E-state index in [0.29, 0.717) is 30.4 Å². The molecule has 1 fully saturated rings. The minimum absolute atomic E-state index is 0.0274. The van der Waals surface area contributed by atoms with E-state index in [0.717, 1.165) is 25.0 Å². The lowest BCUT2D eigenvalue weighted by atomic mass is 9.97. The summed E-state index contributed by atoms with van der Waals surface area (Å²) in [5.74, 6) is 0.831. The van der Waals surface area contributed by atoms with Crippen LogP contribution in [0.4, 0.5) is 13.2 Å². The van der Waals surface area contributed by atoms with Crippen LogP contribution in [0.1, 0.15) is 41.6 Å². The standard InChI is InChI=1S/C17H18F3N3O2/c1-11-21-16(25-22-11)13-5-3-7-23(10-13)15(24)9-12-4-2-6-14(8-12)17(18,19)20/h2,4,6,8,13H,3,5,7,9-10H2,1H3. The molecule has 1 aromatic carbocycles. The molecule has 1 aliphatic rings. The number of carbonyl (C=O) groups excluding carboxylic acids is 1. The zero-order chi connectivity index (χ0) is 18.0. The zero-order valence-electron chi connectivity index (χ0n) is 13.7. The van der Waals surface area contributed by atoms with E-state index in [1.807, 2.05) is 0 Å². The van der Waals surface area contributed by atoms with Crippen LogP contribution in [0.5, 0.6) is 0 Å². The van der Waals surface area contributed by atoms with Gasteiger partial charge in [0, 0.05) is 13.1 Å². The molecule has 1 amide bonds. The fourth-order valence-corrected chi connectivity index (χ4v) is 3.03. The van der Waals surface area contributed by atoms with Crippen molar-refractivity contribution in [3.63, 3.8) is 0 Å². The lowest BCUT2D eigenvalue weighted by Crippen LogP contribution is -2.40. The average Bonchev–Trinajstić information content (AvgIpc) is 3.01. The van der Waals surface area contributed by atoms with Crippen molar-refractivity contribution in [2.24, 2.45) is 0 Å². The van der Waals surface area contributed by atoms with Crippen molar-refractivity contribution in [3.8, 4) is 0 Å². The molecule has 1 aliphatic heterocycles. The number of aryl methyl sites for hydroxylation is 1. The molecule has 25 heavy (non-hydrogen) atoms. The highest BCUT2D eigenvalue weighted by molar-refractivity contribution is 5.79. The summed E-state index contributed by atoms with van der Waals surface area (Å²) >= 11 is 0. The van der Waals surface area contributed by atoms with Gasteiger partial charge in [-0.3, -0.25) is 4.79 Å². The summed E-state index contributed by atoms with van der Waals surface area (Å²) in [7, 11) is 0. The molecule has 1 aromatic heterocycles. The molecular formula is C17H18F3N3O2. The van der Waals surface area contributed by atoms with Gasteiger partial charge in [-0.05, 0) is 31.4 Å². The number of hydrogen-bond acceptors (Lipinski definition) is 4. The highest BCUT2D eigenvalue weighted by atomic mass is 19.4. The first kappa shape index (κ1) is 17.4. The summed E-state index contributed by atoms with van der Waals surface area (Å²) in [4.78, 5) is 18.4. The molecule has 1 saturated heterocycles. The number of carbonyl (C=O) groups is 1. The van der Waals surface area contributed by atoms with E-state index in [2.05, 4.69) is 10.1 Å². The molecule has 5 nitrogen and oxygen atoms in total. The van der Waals surface area contributed by atoms with Gasteiger partial charge in [0.15, 0.2) is 5.82 Å². The first-order chi connectivity index (χ1) is 11.8. The Labute approximate surface area is 142 Å². The maximum atomic E-state index is 12.8. The van der Waals surface area contributed by atoms with Crippen LogP contribution in [0.2, 0.25) is 0 Å². The minimum Gasteiger partial charge on any atom is -0.342 e. The molecule has 0 bridgehead atoms. The first-order valence-electron chi connectivity index (χ1n) is 8.07. The summed E-state index contributed by atoms with van der Waals surface area (Å²) in [6, 6.07) is 4.89. The van der Waals surface area contributed by atoms with Crippen LogP contribution >= 0.6 is 0 Å². The van der Waals surface area contributed by atoms with E-state index in [4.69, 9.17) is 4.52 Å². The lowest BCUT2D eigenvalue weighted by Gasteiger charge is -2.31. The van der Waals surface area contributed by atoms with Gasteiger partial charge in [-0.2, -0.15) is 18.2 Å².